The van der Waals surface area contributed by atoms with Crippen molar-refractivity contribution in [1.29, 1.82) is 0 Å². The SMILES string of the molecule is O=C(c1ccccc1)C(Cc1cc(OCc2cc(OCc3ccccc3)cc(OCc3ccccc3)c2)cc(OCc2cc(OCc3ccccc3)cc(OCc3ccccc3)c2)c1)C(=O)c1ccccc1. The molecule has 0 N–H and O–H groups in total. The van der Waals surface area contributed by atoms with Crippen molar-refractivity contribution in [1.82, 2.24) is 0 Å². The van der Waals surface area contributed by atoms with Crippen LogP contribution in [0, 0.1) is 5.92 Å². The third-order valence-electron chi connectivity index (χ3n) is 11.8. The fourth-order valence-electron chi connectivity index (χ4n) is 8.12. The first-order chi connectivity index (χ1) is 35.5. The minimum absolute atomic E-state index is 0.0928. The van der Waals surface area contributed by atoms with Gasteiger partial charge in [0.15, 0.2) is 11.6 Å². The number of carbonyl (C=O) groups excluding carboxylic acids is 2. The Morgan fingerprint density at radius 2 is 0.486 bits per heavy atom. The van der Waals surface area contributed by atoms with E-state index in [4.69, 9.17) is 28.4 Å². The van der Waals surface area contributed by atoms with E-state index in [-0.39, 0.29) is 31.2 Å². The van der Waals surface area contributed by atoms with Crippen LogP contribution in [-0.2, 0) is 46.1 Å². The van der Waals surface area contributed by atoms with Crippen molar-refractivity contribution in [3.63, 3.8) is 0 Å². The van der Waals surface area contributed by atoms with Crippen molar-refractivity contribution in [2.45, 2.75) is 46.1 Å². The first-order valence-electron chi connectivity index (χ1n) is 24.0. The van der Waals surface area contributed by atoms with Crippen LogP contribution in [0.4, 0.5) is 0 Å². The average Bonchev–Trinajstić information content (AvgIpc) is 3.44. The zero-order valence-electron chi connectivity index (χ0n) is 39.8. The summed E-state index contributed by atoms with van der Waals surface area (Å²) >= 11 is 0. The smallest absolute Gasteiger partial charge is 0.174 e. The molecule has 0 aliphatic carbocycles. The second-order valence-corrected chi connectivity index (χ2v) is 17.3. The Labute approximate surface area is 421 Å². The van der Waals surface area contributed by atoms with Crippen LogP contribution in [0.25, 0.3) is 0 Å². The van der Waals surface area contributed by atoms with Gasteiger partial charge in [-0.25, -0.2) is 0 Å². The highest BCUT2D eigenvalue weighted by Crippen LogP contribution is 2.32. The Morgan fingerprint density at radius 3 is 0.750 bits per heavy atom. The Kier molecular flexibility index (Phi) is 16.5. The van der Waals surface area contributed by atoms with E-state index in [1.165, 1.54) is 0 Å². The largest absolute Gasteiger partial charge is 0.489 e. The molecule has 0 saturated carbocycles. The lowest BCUT2D eigenvalue weighted by Gasteiger charge is -2.18. The van der Waals surface area contributed by atoms with Crippen molar-refractivity contribution >= 4 is 11.6 Å². The summed E-state index contributed by atoms with van der Waals surface area (Å²) in [6, 6.07) is 74.9. The molecule has 0 atom stereocenters. The van der Waals surface area contributed by atoms with Crippen LogP contribution in [0.1, 0.15) is 59.7 Å². The fourth-order valence-corrected chi connectivity index (χ4v) is 8.12. The van der Waals surface area contributed by atoms with Gasteiger partial charge in [-0.3, -0.25) is 9.59 Å². The quantitative estimate of drug-likeness (QED) is 0.0437. The van der Waals surface area contributed by atoms with Gasteiger partial charge in [0.1, 0.15) is 74.1 Å². The minimum Gasteiger partial charge on any atom is -0.489 e. The van der Waals surface area contributed by atoms with Crippen LogP contribution in [0.15, 0.2) is 237 Å². The monoisotopic (exact) mass is 950 g/mol. The zero-order valence-corrected chi connectivity index (χ0v) is 39.8. The van der Waals surface area contributed by atoms with E-state index < -0.39 is 5.92 Å². The predicted octanol–water partition coefficient (Wildman–Crippen LogP) is 14.1. The van der Waals surface area contributed by atoms with Gasteiger partial charge in [0.25, 0.3) is 0 Å². The molecule has 358 valence electrons. The highest BCUT2D eigenvalue weighted by atomic mass is 16.5. The molecule has 8 heteroatoms. The van der Waals surface area contributed by atoms with Crippen LogP contribution >= 0.6 is 0 Å². The lowest BCUT2D eigenvalue weighted by atomic mass is 9.85. The third kappa shape index (κ3) is 14.1. The van der Waals surface area contributed by atoms with E-state index in [1.54, 1.807) is 48.5 Å². The molecule has 0 radical (unpaired) electrons. The molecule has 9 aromatic rings. The molecule has 0 fully saturated rings. The first-order valence-corrected chi connectivity index (χ1v) is 24.0. The summed E-state index contributed by atoms with van der Waals surface area (Å²) in [5.74, 6) is 1.91. The van der Waals surface area contributed by atoms with Gasteiger partial charge in [0.2, 0.25) is 0 Å². The highest BCUT2D eigenvalue weighted by molar-refractivity contribution is 6.16. The van der Waals surface area contributed by atoms with Crippen molar-refractivity contribution in [2.75, 3.05) is 0 Å². The molecular formula is C64H54O8. The number of ether oxygens (including phenoxy) is 6. The molecule has 0 aliphatic heterocycles. The number of benzene rings is 9. The second-order valence-electron chi connectivity index (χ2n) is 17.3. The lowest BCUT2D eigenvalue weighted by molar-refractivity contribution is 0.0806. The number of Topliss-reactive ketones (excluding diaryl/α,β-unsaturated/α-hetero) is 2. The number of hydrogen-bond acceptors (Lipinski definition) is 8. The van der Waals surface area contributed by atoms with Gasteiger partial charge in [0.05, 0.1) is 5.92 Å². The van der Waals surface area contributed by atoms with Crippen molar-refractivity contribution < 1.29 is 38.0 Å². The summed E-state index contributed by atoms with van der Waals surface area (Å²) in [5.41, 5.74) is 7.34. The Hall–Kier alpha value is -8.88. The summed E-state index contributed by atoms with van der Waals surface area (Å²) < 4.78 is 38.5. The molecule has 0 aromatic heterocycles. The average molecular weight is 951 g/mol. The second kappa shape index (κ2) is 24.6. The van der Waals surface area contributed by atoms with E-state index in [0.717, 1.165) is 33.4 Å². The molecule has 9 rings (SSSR count). The van der Waals surface area contributed by atoms with Crippen molar-refractivity contribution in [2.24, 2.45) is 5.92 Å². The molecule has 8 nitrogen and oxygen atoms in total. The molecule has 0 bridgehead atoms. The maximum absolute atomic E-state index is 14.3. The molecule has 0 amide bonds. The van der Waals surface area contributed by atoms with Gasteiger partial charge in [-0.2, -0.15) is 0 Å². The predicted molar refractivity (Wildman–Crippen MR) is 280 cm³/mol. The highest BCUT2D eigenvalue weighted by Gasteiger charge is 2.29. The molecule has 0 unspecified atom stereocenters. The van der Waals surface area contributed by atoms with E-state index in [0.29, 0.717) is 77.6 Å². The zero-order chi connectivity index (χ0) is 49.2. The number of carbonyl (C=O) groups is 2. The fraction of sp³-hybridized carbons (Fsp3) is 0.125. The van der Waals surface area contributed by atoms with Gasteiger partial charge >= 0.3 is 0 Å². The summed E-state index contributed by atoms with van der Waals surface area (Å²) in [7, 11) is 0. The normalized spacial score (nSPS) is 10.8. The van der Waals surface area contributed by atoms with Gasteiger partial charge in [0, 0.05) is 29.3 Å². The van der Waals surface area contributed by atoms with Gasteiger partial charge < -0.3 is 28.4 Å². The van der Waals surface area contributed by atoms with Crippen LogP contribution < -0.4 is 28.4 Å². The van der Waals surface area contributed by atoms with E-state index in [9.17, 15) is 9.59 Å². The van der Waals surface area contributed by atoms with Crippen LogP contribution in [0.5, 0.6) is 34.5 Å². The van der Waals surface area contributed by atoms with Gasteiger partial charge in [-0.1, -0.05) is 182 Å². The topological polar surface area (TPSA) is 89.5 Å². The molecule has 0 spiro atoms. The Morgan fingerprint density at radius 1 is 0.264 bits per heavy atom. The third-order valence-corrected chi connectivity index (χ3v) is 11.8. The van der Waals surface area contributed by atoms with Crippen LogP contribution in [-0.4, -0.2) is 11.6 Å². The van der Waals surface area contributed by atoms with E-state index in [2.05, 4.69) is 0 Å². The number of hydrogen-bond donors (Lipinski definition) is 0. The molecule has 72 heavy (non-hydrogen) atoms. The summed E-state index contributed by atoms with van der Waals surface area (Å²) in [5, 5.41) is 0. The minimum atomic E-state index is -1.02. The van der Waals surface area contributed by atoms with Crippen LogP contribution in [0.2, 0.25) is 0 Å². The van der Waals surface area contributed by atoms with Gasteiger partial charge in [-0.05, 0) is 81.8 Å². The summed E-state index contributed by atoms with van der Waals surface area (Å²) in [4.78, 5) is 28.7. The molecule has 0 aliphatic rings. The number of rotatable bonds is 24. The first kappa shape index (κ1) is 48.2. The number of ketones is 2. The van der Waals surface area contributed by atoms with Crippen LogP contribution in [0.3, 0.4) is 0 Å². The maximum Gasteiger partial charge on any atom is 0.174 e. The summed E-state index contributed by atoms with van der Waals surface area (Å²) in [6.45, 7) is 1.79. The Balaban J connectivity index is 1.02. The Bertz CT molecular complexity index is 2800. The van der Waals surface area contributed by atoms with Gasteiger partial charge in [-0.15, -0.1) is 0 Å². The molecular weight excluding hydrogens is 897 g/mol. The summed E-state index contributed by atoms with van der Waals surface area (Å²) in [6.07, 6.45) is 0.0928. The standard InChI is InChI=1S/C64H54O8/c65-63(54-27-15-5-16-28-54)62(64(66)55-29-17-6-18-30-55)37-51-31-56(71-45-52-33-58(67-41-47-19-7-1-8-20-47)39-59(34-52)68-42-48-21-9-2-10-22-48)38-57(32-51)72-46-53-35-60(69-43-49-23-11-3-12-24-49)40-61(36-53)70-44-50-25-13-4-14-26-50/h1-36,38-40,62H,37,41-46H2. The van der Waals surface area contributed by atoms with Crippen molar-refractivity contribution in [3.05, 3.63) is 287 Å². The van der Waals surface area contributed by atoms with E-state index in [1.807, 2.05) is 188 Å². The lowest BCUT2D eigenvalue weighted by Crippen LogP contribution is -2.26. The van der Waals surface area contributed by atoms with E-state index >= 15 is 0 Å². The van der Waals surface area contributed by atoms with Crippen molar-refractivity contribution in [3.8, 4) is 34.5 Å². The molecule has 0 heterocycles. The molecule has 9 aromatic carbocycles. The molecule has 0 saturated heterocycles. The maximum atomic E-state index is 14.3.